The molecule has 1 aromatic heterocycles. The highest BCUT2D eigenvalue weighted by Crippen LogP contribution is 2.31. The summed E-state index contributed by atoms with van der Waals surface area (Å²) in [6.45, 7) is 15.7. The third-order valence-electron chi connectivity index (χ3n) is 6.85. The van der Waals surface area contributed by atoms with E-state index in [4.69, 9.17) is 9.97 Å². The standard InChI is InChI=1S/C27H40N6O/c1-20(2)30(6)25-22-19-33(24(34)18-27(3,4)5)13-12-23(22)28-26(29-25)32-16-14-31(15-17-32)21-10-8-7-9-11-21/h7-11,20H,12-19H2,1-6H3. The van der Waals surface area contributed by atoms with Gasteiger partial charge < -0.3 is 19.6 Å². The average molecular weight is 465 g/mol. The van der Waals surface area contributed by atoms with E-state index in [0.29, 0.717) is 19.0 Å². The molecule has 0 N–H and O–H groups in total. The first-order chi connectivity index (χ1) is 16.1. The third kappa shape index (κ3) is 5.45. The van der Waals surface area contributed by atoms with E-state index in [-0.39, 0.29) is 11.3 Å². The van der Waals surface area contributed by atoms with Crippen LogP contribution in [0.5, 0.6) is 0 Å². The molecule has 2 aliphatic heterocycles. The first-order valence-electron chi connectivity index (χ1n) is 12.6. The molecule has 1 saturated heterocycles. The molecule has 0 spiro atoms. The summed E-state index contributed by atoms with van der Waals surface area (Å²) in [5.41, 5.74) is 3.46. The van der Waals surface area contributed by atoms with Gasteiger partial charge >= 0.3 is 0 Å². The molecule has 2 aromatic rings. The van der Waals surface area contributed by atoms with Crippen LogP contribution in [0.25, 0.3) is 0 Å². The maximum absolute atomic E-state index is 13.0. The zero-order valence-corrected chi connectivity index (χ0v) is 21.7. The van der Waals surface area contributed by atoms with E-state index in [0.717, 1.165) is 62.2 Å². The smallest absolute Gasteiger partial charge is 0.227 e. The predicted molar refractivity (Wildman–Crippen MR) is 140 cm³/mol. The fraction of sp³-hybridized carbons (Fsp3) is 0.593. The maximum Gasteiger partial charge on any atom is 0.227 e. The van der Waals surface area contributed by atoms with Crippen LogP contribution in [0.1, 0.15) is 52.3 Å². The van der Waals surface area contributed by atoms with E-state index >= 15 is 0 Å². The van der Waals surface area contributed by atoms with Crippen molar-refractivity contribution >= 4 is 23.4 Å². The molecule has 3 heterocycles. The first-order valence-corrected chi connectivity index (χ1v) is 12.6. The van der Waals surface area contributed by atoms with Gasteiger partial charge in [0.05, 0.1) is 12.2 Å². The van der Waals surface area contributed by atoms with Gasteiger partial charge in [0.25, 0.3) is 0 Å². The molecule has 2 aliphatic rings. The van der Waals surface area contributed by atoms with E-state index in [2.05, 4.69) is 86.7 Å². The van der Waals surface area contributed by atoms with Crippen LogP contribution in [0.4, 0.5) is 17.5 Å². The quantitative estimate of drug-likeness (QED) is 0.667. The van der Waals surface area contributed by atoms with Gasteiger partial charge in [-0.1, -0.05) is 39.0 Å². The number of carbonyl (C=O) groups is 1. The summed E-state index contributed by atoms with van der Waals surface area (Å²) in [6, 6.07) is 10.9. The van der Waals surface area contributed by atoms with Crippen molar-refractivity contribution in [2.24, 2.45) is 5.41 Å². The molecular formula is C27H40N6O. The summed E-state index contributed by atoms with van der Waals surface area (Å²) < 4.78 is 0. The van der Waals surface area contributed by atoms with Crippen molar-refractivity contribution in [1.29, 1.82) is 0 Å². The second kappa shape index (κ2) is 9.80. The van der Waals surface area contributed by atoms with Crippen molar-refractivity contribution in [3.05, 3.63) is 41.6 Å². The van der Waals surface area contributed by atoms with Crippen molar-refractivity contribution in [3.63, 3.8) is 0 Å². The van der Waals surface area contributed by atoms with Crippen LogP contribution < -0.4 is 14.7 Å². The van der Waals surface area contributed by atoms with E-state index in [1.807, 2.05) is 4.90 Å². The number of anilines is 3. The second-order valence-electron chi connectivity index (χ2n) is 11.1. The van der Waals surface area contributed by atoms with E-state index in [1.54, 1.807) is 0 Å². The molecular weight excluding hydrogens is 424 g/mol. The summed E-state index contributed by atoms with van der Waals surface area (Å²) >= 11 is 0. The summed E-state index contributed by atoms with van der Waals surface area (Å²) in [5.74, 6) is 2.01. The zero-order valence-electron chi connectivity index (χ0n) is 21.7. The number of benzene rings is 1. The molecule has 34 heavy (non-hydrogen) atoms. The molecule has 4 rings (SSSR count). The SMILES string of the molecule is CC(C)N(C)c1nc(N2CCN(c3ccccc3)CC2)nc2c1CN(C(=O)CC(C)(C)C)CC2. The number of fused-ring (bicyclic) bond motifs is 1. The molecule has 1 aromatic carbocycles. The number of aromatic nitrogens is 2. The molecule has 184 valence electrons. The van der Waals surface area contributed by atoms with E-state index < -0.39 is 0 Å². The minimum Gasteiger partial charge on any atom is -0.368 e. The molecule has 0 unspecified atom stereocenters. The number of nitrogens with zero attached hydrogens (tertiary/aromatic N) is 6. The van der Waals surface area contributed by atoms with Crippen LogP contribution >= 0.6 is 0 Å². The molecule has 0 bridgehead atoms. The van der Waals surface area contributed by atoms with Crippen LogP contribution in [0.2, 0.25) is 0 Å². The fourth-order valence-corrected chi connectivity index (χ4v) is 4.64. The van der Waals surface area contributed by atoms with Crippen molar-refractivity contribution in [1.82, 2.24) is 14.9 Å². The zero-order chi connectivity index (χ0) is 24.5. The Labute approximate surface area is 204 Å². The van der Waals surface area contributed by atoms with Crippen LogP contribution in [-0.2, 0) is 17.8 Å². The fourth-order valence-electron chi connectivity index (χ4n) is 4.64. The Morgan fingerprint density at radius 1 is 1.00 bits per heavy atom. The predicted octanol–water partition coefficient (Wildman–Crippen LogP) is 3.97. The van der Waals surface area contributed by atoms with E-state index in [9.17, 15) is 4.79 Å². The van der Waals surface area contributed by atoms with Gasteiger partial charge in [0.2, 0.25) is 11.9 Å². The Hall–Kier alpha value is -2.83. The maximum atomic E-state index is 13.0. The van der Waals surface area contributed by atoms with Crippen LogP contribution in [-0.4, -0.2) is 66.6 Å². The number of hydrogen-bond donors (Lipinski definition) is 0. The number of para-hydroxylation sites is 1. The number of rotatable bonds is 5. The first kappa shape index (κ1) is 24.3. The van der Waals surface area contributed by atoms with Gasteiger partial charge in [0.15, 0.2) is 0 Å². The number of piperazine rings is 1. The molecule has 0 saturated carbocycles. The van der Waals surface area contributed by atoms with Gasteiger partial charge in [-0.2, -0.15) is 4.98 Å². The van der Waals surface area contributed by atoms with Gasteiger partial charge in [0, 0.05) is 69.9 Å². The molecule has 7 nitrogen and oxygen atoms in total. The third-order valence-corrected chi connectivity index (χ3v) is 6.85. The lowest BCUT2D eigenvalue weighted by molar-refractivity contribution is -0.134. The van der Waals surface area contributed by atoms with Gasteiger partial charge in [-0.3, -0.25) is 4.79 Å². The lowest BCUT2D eigenvalue weighted by Crippen LogP contribution is -2.47. The second-order valence-corrected chi connectivity index (χ2v) is 11.1. The summed E-state index contributed by atoms with van der Waals surface area (Å²) in [7, 11) is 2.10. The number of amides is 1. The Morgan fingerprint density at radius 3 is 2.26 bits per heavy atom. The molecule has 1 amide bonds. The topological polar surface area (TPSA) is 55.8 Å². The Bertz CT molecular complexity index is 992. The molecule has 0 radical (unpaired) electrons. The largest absolute Gasteiger partial charge is 0.368 e. The van der Waals surface area contributed by atoms with Crippen LogP contribution in [0.15, 0.2) is 30.3 Å². The monoisotopic (exact) mass is 464 g/mol. The normalized spacial score (nSPS) is 16.6. The lowest BCUT2D eigenvalue weighted by Gasteiger charge is -2.38. The highest BCUT2D eigenvalue weighted by Gasteiger charge is 2.30. The van der Waals surface area contributed by atoms with Gasteiger partial charge in [-0.25, -0.2) is 4.98 Å². The Morgan fingerprint density at radius 2 is 1.65 bits per heavy atom. The highest BCUT2D eigenvalue weighted by atomic mass is 16.2. The van der Waals surface area contributed by atoms with Crippen LogP contribution in [0.3, 0.4) is 0 Å². The van der Waals surface area contributed by atoms with Crippen molar-refractivity contribution in [3.8, 4) is 0 Å². The van der Waals surface area contributed by atoms with Gasteiger partial charge in [-0.05, 0) is 31.4 Å². The summed E-state index contributed by atoms with van der Waals surface area (Å²) in [4.78, 5) is 32.0. The van der Waals surface area contributed by atoms with Crippen molar-refractivity contribution in [2.75, 3.05) is 54.5 Å². The number of hydrogen-bond acceptors (Lipinski definition) is 6. The molecule has 1 fully saturated rings. The highest BCUT2D eigenvalue weighted by molar-refractivity contribution is 5.77. The van der Waals surface area contributed by atoms with Gasteiger partial charge in [-0.15, -0.1) is 0 Å². The molecule has 0 atom stereocenters. The minimum atomic E-state index is -0.0167. The lowest BCUT2D eigenvalue weighted by atomic mass is 9.91. The summed E-state index contributed by atoms with van der Waals surface area (Å²) in [6.07, 6.45) is 1.34. The Balaban J connectivity index is 1.56. The van der Waals surface area contributed by atoms with Crippen molar-refractivity contribution < 1.29 is 4.79 Å². The van der Waals surface area contributed by atoms with Gasteiger partial charge in [0.1, 0.15) is 5.82 Å². The van der Waals surface area contributed by atoms with E-state index in [1.165, 1.54) is 5.69 Å². The molecule has 0 aliphatic carbocycles. The number of carbonyl (C=O) groups excluding carboxylic acids is 1. The van der Waals surface area contributed by atoms with Crippen LogP contribution in [0, 0.1) is 5.41 Å². The Kier molecular flexibility index (Phi) is 7.01. The molecule has 7 heteroatoms. The van der Waals surface area contributed by atoms with Crippen molar-refractivity contribution in [2.45, 2.75) is 60.0 Å². The average Bonchev–Trinajstić information content (AvgIpc) is 2.82. The minimum absolute atomic E-state index is 0.0167. The summed E-state index contributed by atoms with van der Waals surface area (Å²) in [5, 5.41) is 0.